The van der Waals surface area contributed by atoms with E-state index in [0.29, 0.717) is 19.3 Å². The minimum atomic E-state index is -0.483. The Morgan fingerprint density at radius 1 is 1.30 bits per heavy atom. The van der Waals surface area contributed by atoms with Gasteiger partial charge in [0, 0.05) is 0 Å². The molecule has 1 fully saturated rings. The molecule has 3 nitrogen and oxygen atoms in total. The summed E-state index contributed by atoms with van der Waals surface area (Å²) in [5.74, 6) is 0.133. The van der Waals surface area contributed by atoms with Gasteiger partial charge >= 0.3 is 0 Å². The highest BCUT2D eigenvalue weighted by molar-refractivity contribution is 5.88. The third-order valence-electron chi connectivity index (χ3n) is 5.59. The highest BCUT2D eigenvalue weighted by Crippen LogP contribution is 2.55. The number of aliphatic hydroxyl groups excluding tert-OH is 1. The smallest absolute Gasteiger partial charge is 0.230 e. The molecule has 1 aromatic rings. The SMILES string of the molecule is C=CCC1(CC=C)C[C@]2(C)c3ccccc3C[C@@H](CO)N2C1=O. The molecule has 1 saturated heterocycles. The van der Waals surface area contributed by atoms with Crippen LogP contribution in [0.5, 0.6) is 0 Å². The van der Waals surface area contributed by atoms with Gasteiger partial charge in [0.05, 0.1) is 23.6 Å². The second kappa shape index (κ2) is 5.64. The fraction of sp³-hybridized carbons (Fsp3) is 0.450. The first kappa shape index (κ1) is 16.0. The number of carbonyl (C=O) groups is 1. The third kappa shape index (κ3) is 2.18. The van der Waals surface area contributed by atoms with Gasteiger partial charge in [0.25, 0.3) is 0 Å². The van der Waals surface area contributed by atoms with E-state index >= 15 is 0 Å². The first-order chi connectivity index (χ1) is 11.0. The molecule has 122 valence electrons. The third-order valence-corrected chi connectivity index (χ3v) is 5.59. The maximum atomic E-state index is 13.3. The molecule has 0 bridgehead atoms. The molecule has 1 amide bonds. The Hall–Kier alpha value is -1.87. The van der Waals surface area contributed by atoms with Gasteiger partial charge in [-0.05, 0) is 43.7 Å². The molecule has 2 atom stereocenters. The van der Waals surface area contributed by atoms with E-state index in [2.05, 4.69) is 32.2 Å². The lowest BCUT2D eigenvalue weighted by atomic mass is 9.72. The number of amides is 1. The second-order valence-corrected chi connectivity index (χ2v) is 7.09. The zero-order valence-corrected chi connectivity index (χ0v) is 13.8. The number of allylic oxidation sites excluding steroid dienone is 2. The molecule has 2 aliphatic rings. The van der Waals surface area contributed by atoms with E-state index in [9.17, 15) is 9.90 Å². The largest absolute Gasteiger partial charge is 0.394 e. The highest BCUT2D eigenvalue weighted by Gasteiger charge is 2.60. The van der Waals surface area contributed by atoms with Gasteiger partial charge in [-0.3, -0.25) is 4.79 Å². The first-order valence-corrected chi connectivity index (χ1v) is 8.27. The van der Waals surface area contributed by atoms with Crippen molar-refractivity contribution in [1.29, 1.82) is 0 Å². The van der Waals surface area contributed by atoms with Gasteiger partial charge in [0.2, 0.25) is 5.91 Å². The second-order valence-electron chi connectivity index (χ2n) is 7.09. The minimum Gasteiger partial charge on any atom is -0.394 e. The van der Waals surface area contributed by atoms with E-state index in [4.69, 9.17) is 0 Å². The molecule has 2 heterocycles. The normalized spacial score (nSPS) is 28.2. The Labute approximate surface area is 138 Å². The Morgan fingerprint density at radius 3 is 2.57 bits per heavy atom. The molecule has 0 aromatic heterocycles. The number of aliphatic hydroxyl groups is 1. The first-order valence-electron chi connectivity index (χ1n) is 8.27. The fourth-order valence-corrected chi connectivity index (χ4v) is 4.76. The number of hydrogen-bond donors (Lipinski definition) is 1. The van der Waals surface area contributed by atoms with Crippen LogP contribution in [0, 0.1) is 5.41 Å². The zero-order chi connectivity index (χ0) is 16.7. The van der Waals surface area contributed by atoms with Crippen LogP contribution in [0.1, 0.15) is 37.3 Å². The number of hydrogen-bond acceptors (Lipinski definition) is 2. The van der Waals surface area contributed by atoms with Gasteiger partial charge in [-0.2, -0.15) is 0 Å². The molecule has 2 aliphatic heterocycles. The van der Waals surface area contributed by atoms with Gasteiger partial charge in [0.15, 0.2) is 0 Å². The maximum Gasteiger partial charge on any atom is 0.230 e. The van der Waals surface area contributed by atoms with Crippen molar-refractivity contribution in [1.82, 2.24) is 4.90 Å². The van der Waals surface area contributed by atoms with E-state index < -0.39 is 5.41 Å². The number of benzene rings is 1. The number of rotatable bonds is 5. The van der Waals surface area contributed by atoms with Crippen LogP contribution in [0.3, 0.4) is 0 Å². The molecule has 0 unspecified atom stereocenters. The van der Waals surface area contributed by atoms with Crippen LogP contribution in [-0.4, -0.2) is 28.6 Å². The van der Waals surface area contributed by atoms with E-state index in [1.807, 2.05) is 29.2 Å². The molecule has 0 saturated carbocycles. The van der Waals surface area contributed by atoms with Gasteiger partial charge in [-0.25, -0.2) is 0 Å². The summed E-state index contributed by atoms with van der Waals surface area (Å²) in [6.45, 7) is 9.84. The lowest BCUT2D eigenvalue weighted by molar-refractivity contribution is -0.142. The highest BCUT2D eigenvalue weighted by atomic mass is 16.3. The van der Waals surface area contributed by atoms with Crippen molar-refractivity contribution in [2.45, 2.75) is 44.2 Å². The van der Waals surface area contributed by atoms with Gasteiger partial charge in [0.1, 0.15) is 0 Å². The maximum absolute atomic E-state index is 13.3. The topological polar surface area (TPSA) is 40.5 Å². The Bertz CT molecular complexity index is 641. The van der Waals surface area contributed by atoms with E-state index in [1.54, 1.807) is 0 Å². The van der Waals surface area contributed by atoms with Crippen LogP contribution in [0.15, 0.2) is 49.6 Å². The molecule has 23 heavy (non-hydrogen) atoms. The molecule has 0 aliphatic carbocycles. The average molecular weight is 311 g/mol. The van der Waals surface area contributed by atoms with Crippen molar-refractivity contribution in [3.63, 3.8) is 0 Å². The lowest BCUT2D eigenvalue weighted by Gasteiger charge is -2.45. The van der Waals surface area contributed by atoms with Crippen molar-refractivity contribution in [2.75, 3.05) is 6.61 Å². The zero-order valence-electron chi connectivity index (χ0n) is 13.8. The summed E-state index contributed by atoms with van der Waals surface area (Å²) < 4.78 is 0. The van der Waals surface area contributed by atoms with E-state index in [0.717, 1.165) is 6.42 Å². The molecule has 1 aromatic carbocycles. The van der Waals surface area contributed by atoms with E-state index in [-0.39, 0.29) is 24.1 Å². The molecular formula is C20H25NO2. The van der Waals surface area contributed by atoms with Crippen molar-refractivity contribution < 1.29 is 9.90 Å². The van der Waals surface area contributed by atoms with Crippen molar-refractivity contribution in [3.8, 4) is 0 Å². The van der Waals surface area contributed by atoms with E-state index in [1.165, 1.54) is 11.1 Å². The summed E-state index contributed by atoms with van der Waals surface area (Å²) in [5, 5.41) is 9.89. The molecular weight excluding hydrogens is 286 g/mol. The summed E-state index contributed by atoms with van der Waals surface area (Å²) in [6.07, 6.45) is 6.41. The summed E-state index contributed by atoms with van der Waals surface area (Å²) in [7, 11) is 0. The fourth-order valence-electron chi connectivity index (χ4n) is 4.76. The minimum absolute atomic E-state index is 0.00603. The van der Waals surface area contributed by atoms with Gasteiger partial charge in [-0.1, -0.05) is 36.4 Å². The monoisotopic (exact) mass is 311 g/mol. The predicted molar refractivity (Wildman–Crippen MR) is 91.9 cm³/mol. The van der Waals surface area contributed by atoms with Crippen LogP contribution in [0.25, 0.3) is 0 Å². The quantitative estimate of drug-likeness (QED) is 0.848. The van der Waals surface area contributed by atoms with Crippen LogP contribution in [0.4, 0.5) is 0 Å². The molecule has 3 rings (SSSR count). The number of fused-ring (bicyclic) bond motifs is 3. The predicted octanol–water partition coefficient (Wildman–Crippen LogP) is 3.19. The molecule has 1 N–H and O–H groups in total. The standard InChI is InChI=1S/C20H25NO2/c1-4-10-20(11-5-2)14-19(3)17-9-7-6-8-15(17)12-16(13-22)21(19)18(20)23/h4-9,16,22H,1-2,10-14H2,3H3/t16-,19+/m0/s1. The Morgan fingerprint density at radius 2 is 1.96 bits per heavy atom. The van der Waals surface area contributed by atoms with Gasteiger partial charge < -0.3 is 10.0 Å². The summed E-state index contributed by atoms with van der Waals surface area (Å²) in [4.78, 5) is 15.3. The van der Waals surface area contributed by atoms with Crippen molar-refractivity contribution in [2.24, 2.45) is 5.41 Å². The van der Waals surface area contributed by atoms with Crippen molar-refractivity contribution in [3.05, 3.63) is 60.7 Å². The van der Waals surface area contributed by atoms with Crippen molar-refractivity contribution >= 4 is 5.91 Å². The number of nitrogens with zero attached hydrogens (tertiary/aromatic N) is 1. The van der Waals surface area contributed by atoms with Crippen LogP contribution < -0.4 is 0 Å². The Balaban J connectivity index is 2.16. The van der Waals surface area contributed by atoms with Crippen LogP contribution in [-0.2, 0) is 16.8 Å². The Kier molecular flexibility index (Phi) is 3.93. The average Bonchev–Trinajstić information content (AvgIpc) is 2.76. The summed E-state index contributed by atoms with van der Waals surface area (Å²) in [5.41, 5.74) is 1.60. The summed E-state index contributed by atoms with van der Waals surface area (Å²) >= 11 is 0. The molecule has 0 spiro atoms. The molecule has 3 heteroatoms. The van der Waals surface area contributed by atoms with Crippen LogP contribution >= 0.6 is 0 Å². The van der Waals surface area contributed by atoms with Crippen LogP contribution in [0.2, 0.25) is 0 Å². The number of carbonyl (C=O) groups excluding carboxylic acids is 1. The summed E-state index contributed by atoms with van der Waals surface area (Å²) in [6, 6.07) is 8.16. The lowest BCUT2D eigenvalue weighted by Crippen LogP contribution is -2.54. The molecule has 0 radical (unpaired) electrons. The van der Waals surface area contributed by atoms with Gasteiger partial charge in [-0.15, -0.1) is 13.2 Å².